The van der Waals surface area contributed by atoms with Crippen LogP contribution in [0.2, 0.25) is 0 Å². The third-order valence-corrected chi connectivity index (χ3v) is 5.73. The molecule has 0 N–H and O–H groups in total. The second-order valence-corrected chi connectivity index (χ2v) is 7.83. The maximum Gasteiger partial charge on any atom is 0.225 e. The molecule has 0 aromatic carbocycles. The molecule has 0 saturated carbocycles. The minimum atomic E-state index is 0.261. The Balaban J connectivity index is 1.51. The van der Waals surface area contributed by atoms with E-state index in [-0.39, 0.29) is 5.92 Å². The van der Waals surface area contributed by atoms with E-state index in [2.05, 4.69) is 29.9 Å². The molecule has 3 aromatic heterocycles. The zero-order valence-corrected chi connectivity index (χ0v) is 16.7. The molecule has 0 unspecified atom stereocenters. The molecule has 1 atom stereocenters. The molecule has 0 aliphatic carbocycles. The van der Waals surface area contributed by atoms with Gasteiger partial charge >= 0.3 is 0 Å². The maximum absolute atomic E-state index is 5.58. The Morgan fingerprint density at radius 1 is 0.966 bits per heavy atom. The van der Waals surface area contributed by atoms with Crippen LogP contribution < -0.4 is 9.80 Å². The van der Waals surface area contributed by atoms with Crippen LogP contribution in [0.3, 0.4) is 0 Å². The van der Waals surface area contributed by atoms with Gasteiger partial charge in [0.25, 0.3) is 0 Å². The fourth-order valence-electron chi connectivity index (χ4n) is 4.28. The van der Waals surface area contributed by atoms with Gasteiger partial charge in [0.05, 0.1) is 17.0 Å². The van der Waals surface area contributed by atoms with Crippen molar-refractivity contribution < 1.29 is 4.52 Å². The van der Waals surface area contributed by atoms with E-state index in [1.165, 1.54) is 12.8 Å². The third-order valence-electron chi connectivity index (χ3n) is 5.73. The first-order valence-corrected chi connectivity index (χ1v) is 10.4. The van der Waals surface area contributed by atoms with Gasteiger partial charge in [0.15, 0.2) is 5.76 Å². The molecule has 8 nitrogen and oxygen atoms in total. The fraction of sp³-hybridized carbons (Fsp3) is 0.476. The second-order valence-electron chi connectivity index (χ2n) is 7.83. The molecule has 0 radical (unpaired) electrons. The van der Waals surface area contributed by atoms with Crippen LogP contribution in [-0.4, -0.2) is 51.3 Å². The smallest absolute Gasteiger partial charge is 0.225 e. The molecule has 150 valence electrons. The number of aromatic nitrogens is 5. The van der Waals surface area contributed by atoms with E-state index in [0.29, 0.717) is 0 Å². The van der Waals surface area contributed by atoms with Crippen molar-refractivity contribution in [2.24, 2.45) is 0 Å². The van der Waals surface area contributed by atoms with E-state index in [1.54, 1.807) is 12.4 Å². The summed E-state index contributed by atoms with van der Waals surface area (Å²) in [7, 11) is 0. The highest BCUT2D eigenvalue weighted by Crippen LogP contribution is 2.35. The summed E-state index contributed by atoms with van der Waals surface area (Å²) in [5.41, 5.74) is 2.84. The normalized spacial score (nSPS) is 19.7. The molecule has 29 heavy (non-hydrogen) atoms. The maximum atomic E-state index is 5.58. The summed E-state index contributed by atoms with van der Waals surface area (Å²) in [6.45, 7) is 5.77. The summed E-state index contributed by atoms with van der Waals surface area (Å²) in [5.74, 6) is 2.60. The summed E-state index contributed by atoms with van der Waals surface area (Å²) in [6.07, 6.45) is 10.0. The highest BCUT2D eigenvalue weighted by molar-refractivity contribution is 5.62. The molecule has 2 fully saturated rings. The van der Waals surface area contributed by atoms with E-state index < -0.39 is 0 Å². The molecule has 2 aliphatic rings. The Bertz CT molecular complexity index is 968. The lowest BCUT2D eigenvalue weighted by molar-refractivity contribution is 0.425. The van der Waals surface area contributed by atoms with Crippen molar-refractivity contribution in [1.29, 1.82) is 0 Å². The standard InChI is InChI=1S/C21H25N7O/c1-15-12-18(29-26-15)17-13-24-21(27-9-2-3-10-27)25-19(17)16-6-4-11-28(14-16)20-22-7-5-8-23-20/h5,7-8,12-13,16H,2-4,6,9-11,14H2,1H3/t16-/m1/s1. The van der Waals surface area contributed by atoms with Gasteiger partial charge in [-0.2, -0.15) is 0 Å². The molecular formula is C21H25N7O. The summed E-state index contributed by atoms with van der Waals surface area (Å²) >= 11 is 0. The Labute approximate surface area is 170 Å². The van der Waals surface area contributed by atoms with Crippen molar-refractivity contribution in [2.75, 3.05) is 36.0 Å². The first-order chi connectivity index (χ1) is 14.3. The van der Waals surface area contributed by atoms with Crippen LogP contribution in [0.25, 0.3) is 11.3 Å². The first kappa shape index (κ1) is 18.0. The van der Waals surface area contributed by atoms with Crippen LogP contribution in [0.1, 0.15) is 43.0 Å². The fourth-order valence-corrected chi connectivity index (χ4v) is 4.28. The molecule has 5 rings (SSSR count). The van der Waals surface area contributed by atoms with Crippen molar-refractivity contribution in [1.82, 2.24) is 25.1 Å². The third kappa shape index (κ3) is 3.66. The average Bonchev–Trinajstić information content (AvgIpc) is 3.46. The lowest BCUT2D eigenvalue weighted by Crippen LogP contribution is -2.36. The van der Waals surface area contributed by atoms with Crippen LogP contribution in [-0.2, 0) is 0 Å². The molecule has 0 spiro atoms. The number of piperidine rings is 1. The van der Waals surface area contributed by atoms with Gasteiger partial charge in [-0.25, -0.2) is 19.9 Å². The highest BCUT2D eigenvalue weighted by Gasteiger charge is 2.29. The predicted octanol–water partition coefficient (Wildman–Crippen LogP) is 3.21. The summed E-state index contributed by atoms with van der Waals surface area (Å²) in [5, 5.41) is 4.07. The molecule has 0 bridgehead atoms. The Hall–Kier alpha value is -3.03. The van der Waals surface area contributed by atoms with Crippen LogP contribution in [0.15, 0.2) is 35.2 Å². The van der Waals surface area contributed by atoms with E-state index in [0.717, 1.165) is 73.6 Å². The Morgan fingerprint density at radius 3 is 2.52 bits per heavy atom. The highest BCUT2D eigenvalue weighted by atomic mass is 16.5. The summed E-state index contributed by atoms with van der Waals surface area (Å²) in [6, 6.07) is 3.81. The summed E-state index contributed by atoms with van der Waals surface area (Å²) in [4.78, 5) is 23.1. The minimum absolute atomic E-state index is 0.261. The Kier molecular flexibility index (Phi) is 4.83. The molecule has 2 aliphatic heterocycles. The van der Waals surface area contributed by atoms with Crippen molar-refractivity contribution in [3.63, 3.8) is 0 Å². The van der Waals surface area contributed by atoms with Crippen LogP contribution >= 0.6 is 0 Å². The van der Waals surface area contributed by atoms with Gasteiger partial charge in [-0.3, -0.25) is 0 Å². The molecular weight excluding hydrogens is 366 g/mol. The molecule has 0 amide bonds. The van der Waals surface area contributed by atoms with Gasteiger partial charge < -0.3 is 14.3 Å². The van der Waals surface area contributed by atoms with Gasteiger partial charge in [0.1, 0.15) is 0 Å². The lowest BCUT2D eigenvalue weighted by atomic mass is 9.91. The van der Waals surface area contributed by atoms with Crippen LogP contribution in [0.4, 0.5) is 11.9 Å². The largest absolute Gasteiger partial charge is 0.356 e. The monoisotopic (exact) mass is 391 g/mol. The van der Waals surface area contributed by atoms with Crippen molar-refractivity contribution in [2.45, 2.75) is 38.5 Å². The van der Waals surface area contributed by atoms with Gasteiger partial charge in [0, 0.05) is 56.8 Å². The SMILES string of the molecule is Cc1cc(-c2cnc(N3CCCC3)nc2[C@@H]2CCCN(c3ncccn3)C2)on1. The first-order valence-electron chi connectivity index (χ1n) is 10.4. The van der Waals surface area contributed by atoms with E-state index in [4.69, 9.17) is 9.51 Å². The predicted molar refractivity (Wildman–Crippen MR) is 110 cm³/mol. The second kappa shape index (κ2) is 7.77. The number of aryl methyl sites for hydroxylation is 1. The van der Waals surface area contributed by atoms with Gasteiger partial charge in [-0.05, 0) is 38.7 Å². The average molecular weight is 391 g/mol. The van der Waals surface area contributed by atoms with Crippen molar-refractivity contribution in [3.05, 3.63) is 42.1 Å². The van der Waals surface area contributed by atoms with E-state index >= 15 is 0 Å². The van der Waals surface area contributed by atoms with Gasteiger partial charge in [-0.15, -0.1) is 0 Å². The van der Waals surface area contributed by atoms with Crippen LogP contribution in [0, 0.1) is 6.92 Å². The molecule has 3 aromatic rings. The summed E-state index contributed by atoms with van der Waals surface area (Å²) < 4.78 is 5.58. The molecule has 2 saturated heterocycles. The number of hydrogen-bond acceptors (Lipinski definition) is 8. The van der Waals surface area contributed by atoms with E-state index in [1.807, 2.05) is 25.3 Å². The van der Waals surface area contributed by atoms with Crippen LogP contribution in [0.5, 0.6) is 0 Å². The number of rotatable bonds is 4. The number of anilines is 2. The quantitative estimate of drug-likeness (QED) is 0.670. The molecule has 8 heteroatoms. The zero-order valence-electron chi connectivity index (χ0n) is 16.7. The van der Waals surface area contributed by atoms with Crippen molar-refractivity contribution in [3.8, 4) is 11.3 Å². The van der Waals surface area contributed by atoms with Gasteiger partial charge in [-0.1, -0.05) is 5.16 Å². The lowest BCUT2D eigenvalue weighted by Gasteiger charge is -2.33. The molecule has 5 heterocycles. The zero-order chi connectivity index (χ0) is 19.6. The van der Waals surface area contributed by atoms with Crippen molar-refractivity contribution >= 4 is 11.9 Å². The topological polar surface area (TPSA) is 84.1 Å². The van der Waals surface area contributed by atoms with E-state index in [9.17, 15) is 0 Å². The minimum Gasteiger partial charge on any atom is -0.356 e. The number of hydrogen-bond donors (Lipinski definition) is 0. The Morgan fingerprint density at radius 2 is 1.76 bits per heavy atom. The number of nitrogens with zero attached hydrogens (tertiary/aromatic N) is 7. The van der Waals surface area contributed by atoms with Gasteiger partial charge in [0.2, 0.25) is 11.9 Å².